The van der Waals surface area contributed by atoms with E-state index in [-0.39, 0.29) is 11.3 Å². The molecule has 0 aromatic carbocycles. The average Bonchev–Trinajstić information content (AvgIpc) is 2.98. The standard InChI is InChI=1S/C20H26N4O2/c1-22-12-18(21-14-22)17-11-23(10-16-3-2-8-26-16)13-20(17)6-7-24(19(20)25)9-15-4-5-15/h2-3,8,12,14-15,17H,4-7,9-11,13H2,1H3/t17-,20-/m1/s1. The van der Waals surface area contributed by atoms with Gasteiger partial charge < -0.3 is 13.9 Å². The number of aromatic nitrogens is 2. The first-order chi connectivity index (χ1) is 12.6. The van der Waals surface area contributed by atoms with Crippen LogP contribution in [0.1, 0.15) is 36.6 Å². The summed E-state index contributed by atoms with van der Waals surface area (Å²) >= 11 is 0. The van der Waals surface area contributed by atoms with Crippen molar-refractivity contribution in [3.8, 4) is 0 Å². The zero-order valence-corrected chi connectivity index (χ0v) is 15.3. The fourth-order valence-corrected chi connectivity index (χ4v) is 4.85. The first-order valence-electron chi connectivity index (χ1n) is 9.66. The van der Waals surface area contributed by atoms with Gasteiger partial charge in [-0.1, -0.05) is 0 Å². The number of aryl methyl sites for hydroxylation is 1. The van der Waals surface area contributed by atoms with E-state index in [0.29, 0.717) is 5.91 Å². The fraction of sp³-hybridized carbons (Fsp3) is 0.600. The van der Waals surface area contributed by atoms with Crippen LogP contribution in [0.5, 0.6) is 0 Å². The molecule has 0 unspecified atom stereocenters. The predicted molar refractivity (Wildman–Crippen MR) is 96.3 cm³/mol. The highest BCUT2D eigenvalue weighted by Crippen LogP contribution is 2.50. The number of rotatable bonds is 5. The van der Waals surface area contributed by atoms with Crippen LogP contribution in [-0.2, 0) is 18.4 Å². The minimum atomic E-state index is -0.324. The summed E-state index contributed by atoms with van der Waals surface area (Å²) in [5.41, 5.74) is 0.728. The molecule has 0 N–H and O–H groups in total. The van der Waals surface area contributed by atoms with E-state index in [1.165, 1.54) is 12.8 Å². The molecule has 138 valence electrons. The smallest absolute Gasteiger partial charge is 0.230 e. The van der Waals surface area contributed by atoms with Gasteiger partial charge in [0.2, 0.25) is 5.91 Å². The number of amides is 1. The van der Waals surface area contributed by atoms with Gasteiger partial charge in [0.1, 0.15) is 5.76 Å². The van der Waals surface area contributed by atoms with Crippen LogP contribution in [0.3, 0.4) is 0 Å². The molecule has 5 rings (SSSR count). The monoisotopic (exact) mass is 354 g/mol. The summed E-state index contributed by atoms with van der Waals surface area (Å²) in [4.78, 5) is 22.6. The first kappa shape index (κ1) is 16.1. The second kappa shape index (κ2) is 5.98. The van der Waals surface area contributed by atoms with Crippen LogP contribution in [0.2, 0.25) is 0 Å². The summed E-state index contributed by atoms with van der Waals surface area (Å²) in [5.74, 6) is 2.21. The fourth-order valence-electron chi connectivity index (χ4n) is 4.85. The van der Waals surface area contributed by atoms with E-state index in [1.54, 1.807) is 6.26 Å². The second-order valence-corrected chi connectivity index (χ2v) is 8.37. The molecule has 1 spiro atoms. The zero-order chi connectivity index (χ0) is 17.7. The van der Waals surface area contributed by atoms with Crippen molar-refractivity contribution in [2.45, 2.75) is 31.7 Å². The highest BCUT2D eigenvalue weighted by Gasteiger charge is 2.58. The quantitative estimate of drug-likeness (QED) is 0.826. The normalized spacial score (nSPS) is 29.3. The summed E-state index contributed by atoms with van der Waals surface area (Å²) in [6.45, 7) is 4.27. The molecule has 1 aliphatic carbocycles. The van der Waals surface area contributed by atoms with Crippen molar-refractivity contribution in [1.82, 2.24) is 19.4 Å². The molecule has 4 heterocycles. The molecule has 3 aliphatic rings. The van der Waals surface area contributed by atoms with Crippen molar-refractivity contribution in [2.24, 2.45) is 18.4 Å². The van der Waals surface area contributed by atoms with Crippen LogP contribution in [0.15, 0.2) is 35.3 Å². The Hall–Kier alpha value is -2.08. The zero-order valence-electron chi connectivity index (χ0n) is 15.3. The molecule has 6 heteroatoms. The highest BCUT2D eigenvalue weighted by atomic mass is 16.3. The summed E-state index contributed by atoms with van der Waals surface area (Å²) in [6.07, 6.45) is 9.15. The first-order valence-corrected chi connectivity index (χ1v) is 9.66. The van der Waals surface area contributed by atoms with E-state index >= 15 is 0 Å². The average molecular weight is 354 g/mol. The van der Waals surface area contributed by atoms with E-state index in [9.17, 15) is 4.79 Å². The van der Waals surface area contributed by atoms with Crippen molar-refractivity contribution >= 4 is 5.91 Å². The van der Waals surface area contributed by atoms with Gasteiger partial charge >= 0.3 is 0 Å². The number of nitrogens with zero attached hydrogens (tertiary/aromatic N) is 4. The molecule has 1 amide bonds. The van der Waals surface area contributed by atoms with Gasteiger partial charge in [0.25, 0.3) is 0 Å². The van der Waals surface area contributed by atoms with Gasteiger partial charge in [0, 0.05) is 45.3 Å². The number of hydrogen-bond donors (Lipinski definition) is 0. The summed E-state index contributed by atoms with van der Waals surface area (Å²) < 4.78 is 7.53. The van der Waals surface area contributed by atoms with E-state index < -0.39 is 0 Å². The lowest BCUT2D eigenvalue weighted by Crippen LogP contribution is -2.40. The molecule has 2 saturated heterocycles. The minimum Gasteiger partial charge on any atom is -0.468 e. The number of likely N-dealkylation sites (tertiary alicyclic amines) is 2. The number of hydrogen-bond acceptors (Lipinski definition) is 4. The summed E-state index contributed by atoms with van der Waals surface area (Å²) in [7, 11) is 1.99. The Morgan fingerprint density at radius 3 is 2.96 bits per heavy atom. The van der Waals surface area contributed by atoms with Crippen LogP contribution in [-0.4, -0.2) is 51.4 Å². The summed E-state index contributed by atoms with van der Waals surface area (Å²) in [5, 5.41) is 0. The van der Waals surface area contributed by atoms with Gasteiger partial charge in [-0.15, -0.1) is 0 Å². The Kier molecular flexibility index (Phi) is 3.71. The maximum Gasteiger partial charge on any atom is 0.230 e. The molecular weight excluding hydrogens is 328 g/mol. The van der Waals surface area contributed by atoms with Crippen LogP contribution in [0.25, 0.3) is 0 Å². The number of furan rings is 1. The molecule has 2 aromatic rings. The Bertz CT molecular complexity index is 795. The molecule has 1 saturated carbocycles. The minimum absolute atomic E-state index is 0.162. The topological polar surface area (TPSA) is 54.5 Å². The Morgan fingerprint density at radius 2 is 2.27 bits per heavy atom. The second-order valence-electron chi connectivity index (χ2n) is 8.37. The third-order valence-electron chi connectivity index (χ3n) is 6.37. The lowest BCUT2D eigenvalue weighted by Gasteiger charge is -2.28. The van der Waals surface area contributed by atoms with Gasteiger partial charge in [-0.05, 0) is 37.3 Å². The van der Waals surface area contributed by atoms with Crippen molar-refractivity contribution in [3.63, 3.8) is 0 Å². The SMILES string of the molecule is Cn1cnc([C@H]2CN(Cc3ccco3)C[C@]23CCN(CC2CC2)C3=O)c1. The van der Waals surface area contributed by atoms with Crippen molar-refractivity contribution in [1.29, 1.82) is 0 Å². The van der Waals surface area contributed by atoms with Gasteiger partial charge in [-0.25, -0.2) is 4.98 Å². The lowest BCUT2D eigenvalue weighted by atomic mass is 9.75. The lowest BCUT2D eigenvalue weighted by molar-refractivity contribution is -0.136. The van der Waals surface area contributed by atoms with Crippen molar-refractivity contribution < 1.29 is 9.21 Å². The highest BCUT2D eigenvalue weighted by molar-refractivity contribution is 5.86. The van der Waals surface area contributed by atoms with Gasteiger partial charge in [-0.3, -0.25) is 9.69 Å². The van der Waals surface area contributed by atoms with E-state index in [0.717, 1.165) is 56.5 Å². The Morgan fingerprint density at radius 1 is 1.38 bits per heavy atom. The molecule has 0 radical (unpaired) electrons. The third-order valence-corrected chi connectivity index (χ3v) is 6.37. The maximum absolute atomic E-state index is 13.5. The molecule has 26 heavy (non-hydrogen) atoms. The molecule has 3 fully saturated rings. The molecule has 2 atom stereocenters. The largest absolute Gasteiger partial charge is 0.468 e. The molecule has 6 nitrogen and oxygen atoms in total. The maximum atomic E-state index is 13.5. The van der Waals surface area contributed by atoms with Crippen molar-refractivity contribution in [2.75, 3.05) is 26.2 Å². The molecule has 2 aromatic heterocycles. The number of carbonyl (C=O) groups is 1. The van der Waals surface area contributed by atoms with E-state index in [2.05, 4.69) is 21.0 Å². The summed E-state index contributed by atoms with van der Waals surface area (Å²) in [6, 6.07) is 3.94. The van der Waals surface area contributed by atoms with Gasteiger partial charge in [0.15, 0.2) is 0 Å². The van der Waals surface area contributed by atoms with Crippen LogP contribution < -0.4 is 0 Å². The molecule has 0 bridgehead atoms. The van der Waals surface area contributed by atoms with Crippen LogP contribution in [0.4, 0.5) is 0 Å². The Labute approximate surface area is 153 Å². The molecular formula is C20H26N4O2. The molecule has 2 aliphatic heterocycles. The van der Waals surface area contributed by atoms with E-state index in [1.807, 2.05) is 30.1 Å². The Balaban J connectivity index is 1.43. The third kappa shape index (κ3) is 2.67. The van der Waals surface area contributed by atoms with Crippen LogP contribution >= 0.6 is 0 Å². The number of carbonyl (C=O) groups excluding carboxylic acids is 1. The van der Waals surface area contributed by atoms with Crippen molar-refractivity contribution in [3.05, 3.63) is 42.4 Å². The number of imidazole rings is 1. The van der Waals surface area contributed by atoms with Gasteiger partial charge in [-0.2, -0.15) is 0 Å². The predicted octanol–water partition coefficient (Wildman–Crippen LogP) is 2.24. The van der Waals surface area contributed by atoms with Crippen LogP contribution in [0, 0.1) is 11.3 Å². The van der Waals surface area contributed by atoms with Gasteiger partial charge in [0.05, 0.1) is 30.2 Å². The van der Waals surface area contributed by atoms with E-state index in [4.69, 9.17) is 4.42 Å².